The van der Waals surface area contributed by atoms with Crippen molar-refractivity contribution < 1.29 is 13.6 Å². The van der Waals surface area contributed by atoms with Crippen LogP contribution in [0.15, 0.2) is 77.7 Å². The number of carbonyl (C=O) groups excluding carboxylic acids is 1. The number of amides is 1. The highest BCUT2D eigenvalue weighted by Crippen LogP contribution is 2.15. The number of hydrogen-bond donors (Lipinski definition) is 2. The maximum Gasteiger partial charge on any atom is 0.271 e. The standard InChI is InChI=1S/C20H17F2N3O2/c21-16-7-4-8-17(12-16)23-24-20(27)15-9-10-19(26)25(13-15)18(22)11-14-5-2-1-3-6-14/h1-10,12-13,18,23H,11H2,(H,24,27). The number of halogens is 2. The molecule has 2 N–H and O–H groups in total. The van der Waals surface area contributed by atoms with Crippen molar-refractivity contribution in [1.29, 1.82) is 0 Å². The molecule has 0 bridgehead atoms. The molecular formula is C20H17F2N3O2. The summed E-state index contributed by atoms with van der Waals surface area (Å²) in [6.07, 6.45) is -0.435. The molecule has 0 radical (unpaired) electrons. The number of nitrogens with one attached hydrogen (secondary N) is 2. The first-order valence-electron chi connectivity index (χ1n) is 8.25. The number of benzene rings is 2. The van der Waals surface area contributed by atoms with Crippen LogP contribution in [-0.4, -0.2) is 10.5 Å². The summed E-state index contributed by atoms with van der Waals surface area (Å²) >= 11 is 0. The van der Waals surface area contributed by atoms with E-state index in [1.807, 2.05) is 6.07 Å². The van der Waals surface area contributed by atoms with E-state index in [0.29, 0.717) is 5.69 Å². The van der Waals surface area contributed by atoms with Crippen LogP contribution in [0.25, 0.3) is 0 Å². The van der Waals surface area contributed by atoms with Crippen LogP contribution in [0.1, 0.15) is 22.2 Å². The van der Waals surface area contributed by atoms with Crippen LogP contribution in [0, 0.1) is 5.82 Å². The van der Waals surface area contributed by atoms with Gasteiger partial charge in [0.05, 0.1) is 11.3 Å². The van der Waals surface area contributed by atoms with Crippen molar-refractivity contribution in [3.05, 3.63) is 100 Å². The van der Waals surface area contributed by atoms with Crippen LogP contribution in [0.3, 0.4) is 0 Å². The zero-order chi connectivity index (χ0) is 19.2. The summed E-state index contributed by atoms with van der Waals surface area (Å²) in [5, 5.41) is 0. The van der Waals surface area contributed by atoms with Gasteiger partial charge in [-0.2, -0.15) is 0 Å². The summed E-state index contributed by atoms with van der Waals surface area (Å²) < 4.78 is 28.6. The third-order valence-electron chi connectivity index (χ3n) is 3.89. The molecule has 3 rings (SSSR count). The quantitative estimate of drug-likeness (QED) is 0.654. The Hall–Kier alpha value is -3.48. The van der Waals surface area contributed by atoms with Crippen molar-refractivity contribution in [1.82, 2.24) is 9.99 Å². The Balaban J connectivity index is 1.72. The average molecular weight is 369 g/mol. The monoisotopic (exact) mass is 369 g/mol. The van der Waals surface area contributed by atoms with Crippen molar-refractivity contribution in [2.24, 2.45) is 0 Å². The molecule has 0 aliphatic rings. The van der Waals surface area contributed by atoms with E-state index >= 15 is 0 Å². The lowest BCUT2D eigenvalue weighted by Gasteiger charge is -2.14. The lowest BCUT2D eigenvalue weighted by Crippen LogP contribution is -2.31. The Bertz CT molecular complexity index is 990. The predicted octanol–water partition coefficient (Wildman–Crippen LogP) is 3.46. The zero-order valence-electron chi connectivity index (χ0n) is 14.2. The van der Waals surface area contributed by atoms with Gasteiger partial charge in [-0.3, -0.25) is 25.0 Å². The van der Waals surface area contributed by atoms with Gasteiger partial charge in [0.15, 0.2) is 6.30 Å². The van der Waals surface area contributed by atoms with Crippen molar-refractivity contribution >= 4 is 11.6 Å². The second-order valence-corrected chi connectivity index (χ2v) is 5.88. The maximum atomic E-state index is 14.6. The summed E-state index contributed by atoms with van der Waals surface area (Å²) in [7, 11) is 0. The number of aromatic nitrogens is 1. The van der Waals surface area contributed by atoms with Crippen LogP contribution >= 0.6 is 0 Å². The van der Waals surface area contributed by atoms with Gasteiger partial charge in [-0.15, -0.1) is 0 Å². The molecule has 0 fully saturated rings. The van der Waals surface area contributed by atoms with Crippen LogP contribution in [0.4, 0.5) is 14.5 Å². The number of rotatable bonds is 6. The number of pyridine rings is 1. The lowest BCUT2D eigenvalue weighted by molar-refractivity contribution is 0.0961. The van der Waals surface area contributed by atoms with E-state index in [1.165, 1.54) is 30.5 Å². The van der Waals surface area contributed by atoms with Crippen LogP contribution in [0.5, 0.6) is 0 Å². The highest BCUT2D eigenvalue weighted by molar-refractivity contribution is 5.94. The van der Waals surface area contributed by atoms with E-state index in [0.717, 1.165) is 16.2 Å². The Morgan fingerprint density at radius 2 is 1.81 bits per heavy atom. The Labute approximate surface area is 154 Å². The van der Waals surface area contributed by atoms with E-state index in [9.17, 15) is 18.4 Å². The molecule has 0 saturated carbocycles. The van der Waals surface area contributed by atoms with Gasteiger partial charge < -0.3 is 0 Å². The molecule has 27 heavy (non-hydrogen) atoms. The first-order valence-corrected chi connectivity index (χ1v) is 8.25. The molecular weight excluding hydrogens is 352 g/mol. The van der Waals surface area contributed by atoms with Crippen molar-refractivity contribution in [3.63, 3.8) is 0 Å². The van der Waals surface area contributed by atoms with Gasteiger partial charge in [-0.1, -0.05) is 36.4 Å². The van der Waals surface area contributed by atoms with Gasteiger partial charge in [0.1, 0.15) is 5.82 Å². The van der Waals surface area contributed by atoms with Crippen LogP contribution in [-0.2, 0) is 6.42 Å². The number of anilines is 1. The van der Waals surface area contributed by atoms with Crippen molar-refractivity contribution in [2.45, 2.75) is 12.7 Å². The van der Waals surface area contributed by atoms with E-state index in [-0.39, 0.29) is 12.0 Å². The first kappa shape index (κ1) is 18.3. The van der Waals surface area contributed by atoms with Crippen molar-refractivity contribution in [2.75, 3.05) is 5.43 Å². The minimum Gasteiger partial charge on any atom is -0.298 e. The molecule has 1 unspecified atom stereocenters. The van der Waals surface area contributed by atoms with E-state index in [4.69, 9.17) is 0 Å². The molecule has 0 saturated heterocycles. The van der Waals surface area contributed by atoms with E-state index in [1.54, 1.807) is 30.3 Å². The molecule has 1 heterocycles. The molecule has 0 aliphatic carbocycles. The summed E-state index contributed by atoms with van der Waals surface area (Å²) in [5.41, 5.74) is 5.58. The normalized spacial score (nSPS) is 11.6. The van der Waals surface area contributed by atoms with E-state index < -0.39 is 23.6 Å². The highest BCUT2D eigenvalue weighted by Gasteiger charge is 2.14. The summed E-state index contributed by atoms with van der Waals surface area (Å²) in [5.74, 6) is -1.04. The molecule has 138 valence electrons. The molecule has 7 heteroatoms. The molecule has 0 aliphatic heterocycles. The molecule has 3 aromatic rings. The largest absolute Gasteiger partial charge is 0.298 e. The summed E-state index contributed by atoms with van der Waals surface area (Å²) in [6, 6.07) is 16.9. The van der Waals surface area contributed by atoms with Gasteiger partial charge >= 0.3 is 0 Å². The number of nitrogens with zero attached hydrogens (tertiary/aromatic N) is 1. The Kier molecular flexibility index (Phi) is 5.61. The SMILES string of the molecule is O=C(NNc1cccc(F)c1)c1ccc(=O)n(C(F)Cc2ccccc2)c1. The van der Waals surface area contributed by atoms with Gasteiger partial charge in [0.25, 0.3) is 11.5 Å². The van der Waals surface area contributed by atoms with Gasteiger partial charge in [0.2, 0.25) is 0 Å². The molecule has 1 aromatic heterocycles. The minimum atomic E-state index is -1.61. The second kappa shape index (κ2) is 8.27. The van der Waals surface area contributed by atoms with Gasteiger partial charge in [-0.25, -0.2) is 8.78 Å². The molecule has 2 aromatic carbocycles. The van der Waals surface area contributed by atoms with Crippen LogP contribution in [0.2, 0.25) is 0 Å². The zero-order valence-corrected chi connectivity index (χ0v) is 14.2. The number of alkyl halides is 1. The third kappa shape index (κ3) is 4.78. The summed E-state index contributed by atoms with van der Waals surface area (Å²) in [6.45, 7) is 0. The smallest absolute Gasteiger partial charge is 0.271 e. The molecule has 1 atom stereocenters. The average Bonchev–Trinajstić information content (AvgIpc) is 2.67. The van der Waals surface area contributed by atoms with Crippen LogP contribution < -0.4 is 16.4 Å². The fraction of sp³-hybridized carbons (Fsp3) is 0.100. The fourth-order valence-corrected chi connectivity index (χ4v) is 2.53. The van der Waals surface area contributed by atoms with Gasteiger partial charge in [0, 0.05) is 18.7 Å². The minimum absolute atomic E-state index is 0.00730. The summed E-state index contributed by atoms with van der Waals surface area (Å²) in [4.78, 5) is 24.2. The number of hydrogen-bond acceptors (Lipinski definition) is 3. The Morgan fingerprint density at radius 3 is 2.56 bits per heavy atom. The maximum absolute atomic E-state index is 14.6. The topological polar surface area (TPSA) is 63.1 Å². The number of hydrazine groups is 1. The van der Waals surface area contributed by atoms with E-state index in [2.05, 4.69) is 10.9 Å². The Morgan fingerprint density at radius 1 is 1.04 bits per heavy atom. The second-order valence-electron chi connectivity index (χ2n) is 5.88. The lowest BCUT2D eigenvalue weighted by atomic mass is 10.1. The fourth-order valence-electron chi connectivity index (χ4n) is 2.53. The van der Waals surface area contributed by atoms with Gasteiger partial charge in [-0.05, 0) is 29.8 Å². The first-order chi connectivity index (χ1) is 13.0. The predicted molar refractivity (Wildman–Crippen MR) is 98.5 cm³/mol. The highest BCUT2D eigenvalue weighted by atomic mass is 19.1. The molecule has 5 nitrogen and oxygen atoms in total. The molecule has 0 spiro atoms. The number of carbonyl (C=O) groups is 1. The molecule has 1 amide bonds. The van der Waals surface area contributed by atoms with Crippen molar-refractivity contribution in [3.8, 4) is 0 Å². The third-order valence-corrected chi connectivity index (χ3v) is 3.89.